The Hall–Kier alpha value is -0.810. The number of hydrogen-bond acceptors (Lipinski definition) is 3. The van der Waals surface area contributed by atoms with E-state index in [4.69, 9.17) is 10.6 Å². The summed E-state index contributed by atoms with van der Waals surface area (Å²) >= 11 is 0. The molecule has 0 aromatic heterocycles. The van der Waals surface area contributed by atoms with Gasteiger partial charge in [0, 0.05) is 26.7 Å². The van der Waals surface area contributed by atoms with Gasteiger partial charge in [-0.25, -0.2) is 5.84 Å². The monoisotopic (exact) mass is 242 g/mol. The predicted molar refractivity (Wildman–Crippen MR) is 70.7 cm³/mol. The van der Waals surface area contributed by atoms with Crippen LogP contribution in [0.5, 0.6) is 0 Å². The molecule has 0 saturated carbocycles. The van der Waals surface area contributed by atoms with Crippen molar-refractivity contribution in [3.05, 3.63) is 0 Å². The first-order valence-electron chi connectivity index (χ1n) is 6.57. The van der Waals surface area contributed by atoms with E-state index < -0.39 is 0 Å². The molecular weight excluding hydrogens is 216 g/mol. The van der Waals surface area contributed by atoms with Crippen LogP contribution in [0.3, 0.4) is 0 Å². The van der Waals surface area contributed by atoms with Gasteiger partial charge >= 0.3 is 0 Å². The van der Waals surface area contributed by atoms with Crippen LogP contribution < -0.4 is 11.3 Å². The lowest BCUT2D eigenvalue weighted by Gasteiger charge is -2.28. The molecule has 1 rings (SSSR count). The number of nitrogens with two attached hydrogens (primary N) is 1. The molecule has 1 unspecified atom stereocenters. The van der Waals surface area contributed by atoms with Gasteiger partial charge in [-0.05, 0) is 25.2 Å². The van der Waals surface area contributed by atoms with E-state index in [0.29, 0.717) is 5.92 Å². The first-order valence-corrected chi connectivity index (χ1v) is 6.57. The molecule has 1 atom stereocenters. The van der Waals surface area contributed by atoms with E-state index in [-0.39, 0.29) is 0 Å². The second-order valence-electron chi connectivity index (χ2n) is 4.67. The van der Waals surface area contributed by atoms with Crippen LogP contribution in [-0.4, -0.2) is 44.2 Å². The molecule has 5 heteroatoms. The third-order valence-electron chi connectivity index (χ3n) is 3.05. The fourth-order valence-electron chi connectivity index (χ4n) is 2.04. The van der Waals surface area contributed by atoms with Crippen molar-refractivity contribution in [2.24, 2.45) is 16.8 Å². The van der Waals surface area contributed by atoms with Crippen LogP contribution in [0.1, 0.15) is 32.6 Å². The zero-order valence-electron chi connectivity index (χ0n) is 11.1. The summed E-state index contributed by atoms with van der Waals surface area (Å²) in [6.07, 6.45) is 4.65. The Bertz CT molecular complexity index is 227. The summed E-state index contributed by atoms with van der Waals surface area (Å²) in [7, 11) is 2.03. The van der Waals surface area contributed by atoms with Crippen LogP contribution in [0.4, 0.5) is 0 Å². The average Bonchev–Trinajstić information content (AvgIpc) is 2.36. The maximum absolute atomic E-state index is 5.51. The van der Waals surface area contributed by atoms with Crippen LogP contribution in [0.25, 0.3) is 0 Å². The molecular formula is C12H26N4O. The summed E-state index contributed by atoms with van der Waals surface area (Å²) in [6.45, 7) is 5.72. The third kappa shape index (κ3) is 5.37. The molecule has 3 N–H and O–H groups in total. The second kappa shape index (κ2) is 8.31. The first-order chi connectivity index (χ1) is 8.27. The lowest BCUT2D eigenvalue weighted by molar-refractivity contribution is 0.0482. The molecule has 1 aliphatic heterocycles. The topological polar surface area (TPSA) is 62.9 Å². The van der Waals surface area contributed by atoms with Gasteiger partial charge in [-0.3, -0.25) is 10.4 Å². The van der Waals surface area contributed by atoms with Gasteiger partial charge in [0.2, 0.25) is 5.96 Å². The zero-order chi connectivity index (χ0) is 12.5. The largest absolute Gasteiger partial charge is 0.381 e. The molecule has 0 aromatic rings. The summed E-state index contributed by atoms with van der Waals surface area (Å²) in [4.78, 5) is 6.56. The van der Waals surface area contributed by atoms with Gasteiger partial charge in [0.15, 0.2) is 0 Å². The van der Waals surface area contributed by atoms with Crippen molar-refractivity contribution in [1.29, 1.82) is 0 Å². The van der Waals surface area contributed by atoms with Crippen molar-refractivity contribution in [3.8, 4) is 0 Å². The van der Waals surface area contributed by atoms with Gasteiger partial charge in [-0.15, -0.1) is 0 Å². The molecule has 0 spiro atoms. The zero-order valence-corrected chi connectivity index (χ0v) is 11.1. The molecule has 0 amide bonds. The van der Waals surface area contributed by atoms with Crippen molar-refractivity contribution in [3.63, 3.8) is 0 Å². The van der Waals surface area contributed by atoms with Gasteiger partial charge in [0.05, 0.1) is 6.61 Å². The lowest BCUT2D eigenvalue weighted by Crippen LogP contribution is -2.45. The molecule has 1 fully saturated rings. The van der Waals surface area contributed by atoms with E-state index >= 15 is 0 Å². The summed E-state index contributed by atoms with van der Waals surface area (Å²) in [6, 6.07) is 0. The van der Waals surface area contributed by atoms with Crippen molar-refractivity contribution in [2.75, 3.05) is 33.4 Å². The number of nitrogens with zero attached hydrogens (tertiary/aromatic N) is 2. The Kier molecular flexibility index (Phi) is 6.96. The Morgan fingerprint density at radius 1 is 1.59 bits per heavy atom. The summed E-state index contributed by atoms with van der Waals surface area (Å²) in [5.74, 6) is 6.88. The Morgan fingerprint density at radius 3 is 3.00 bits per heavy atom. The number of guanidine groups is 1. The van der Waals surface area contributed by atoms with E-state index in [2.05, 4.69) is 22.2 Å². The predicted octanol–water partition coefficient (Wildman–Crippen LogP) is 0.964. The standard InChI is InChI=1S/C12H26N4O/c1-3-4-7-14-12(15-13)16(2)9-11-6-5-8-17-10-11/h11H,3-10,13H2,1-2H3,(H,14,15). The minimum Gasteiger partial charge on any atom is -0.381 e. The number of hydrazine groups is 1. The molecule has 0 bridgehead atoms. The number of ether oxygens (including phenoxy) is 1. The van der Waals surface area contributed by atoms with E-state index in [1.807, 2.05) is 7.05 Å². The molecule has 5 nitrogen and oxygen atoms in total. The molecule has 1 aliphatic rings. The number of aliphatic imine (C=N–C) groups is 1. The molecule has 1 saturated heterocycles. The number of hydrogen-bond donors (Lipinski definition) is 2. The smallest absolute Gasteiger partial charge is 0.208 e. The molecule has 1 heterocycles. The normalized spacial score (nSPS) is 21.4. The SMILES string of the molecule is CCCCN=C(NN)N(C)CC1CCCOC1. The number of unbranched alkanes of at least 4 members (excludes halogenated alkanes) is 1. The van der Waals surface area contributed by atoms with Crippen molar-refractivity contribution in [1.82, 2.24) is 10.3 Å². The fraction of sp³-hybridized carbons (Fsp3) is 0.917. The second-order valence-corrected chi connectivity index (χ2v) is 4.67. The lowest BCUT2D eigenvalue weighted by atomic mass is 10.0. The first kappa shape index (κ1) is 14.3. The third-order valence-corrected chi connectivity index (χ3v) is 3.05. The number of nitrogens with one attached hydrogen (secondary N) is 1. The molecule has 0 aromatic carbocycles. The van der Waals surface area contributed by atoms with E-state index in [1.165, 1.54) is 6.42 Å². The van der Waals surface area contributed by atoms with E-state index in [1.54, 1.807) is 0 Å². The van der Waals surface area contributed by atoms with Gasteiger partial charge < -0.3 is 9.64 Å². The highest BCUT2D eigenvalue weighted by Gasteiger charge is 2.17. The summed E-state index contributed by atoms with van der Waals surface area (Å²) in [5.41, 5.74) is 2.69. The van der Waals surface area contributed by atoms with Gasteiger partial charge in [0.1, 0.15) is 0 Å². The molecule has 0 aliphatic carbocycles. The quantitative estimate of drug-likeness (QED) is 0.248. The molecule has 17 heavy (non-hydrogen) atoms. The summed E-state index contributed by atoms with van der Waals surface area (Å²) < 4.78 is 5.48. The minimum atomic E-state index is 0.596. The maximum Gasteiger partial charge on any atom is 0.208 e. The van der Waals surface area contributed by atoms with E-state index in [9.17, 15) is 0 Å². The van der Waals surface area contributed by atoms with Crippen LogP contribution >= 0.6 is 0 Å². The highest BCUT2D eigenvalue weighted by atomic mass is 16.5. The highest BCUT2D eigenvalue weighted by molar-refractivity contribution is 5.79. The van der Waals surface area contributed by atoms with Gasteiger partial charge in [0.25, 0.3) is 0 Å². The van der Waals surface area contributed by atoms with Crippen molar-refractivity contribution in [2.45, 2.75) is 32.6 Å². The molecule has 100 valence electrons. The summed E-state index contributed by atoms with van der Waals surface area (Å²) in [5, 5.41) is 0. The number of rotatable bonds is 5. The van der Waals surface area contributed by atoms with Crippen molar-refractivity contribution < 1.29 is 4.74 Å². The van der Waals surface area contributed by atoms with Gasteiger partial charge in [-0.2, -0.15) is 0 Å². The van der Waals surface area contributed by atoms with Crippen LogP contribution in [0.15, 0.2) is 4.99 Å². The fourth-order valence-corrected chi connectivity index (χ4v) is 2.04. The highest BCUT2D eigenvalue weighted by Crippen LogP contribution is 2.14. The van der Waals surface area contributed by atoms with Crippen molar-refractivity contribution >= 4 is 5.96 Å². The molecule has 0 radical (unpaired) electrons. The van der Waals surface area contributed by atoms with Gasteiger partial charge in [-0.1, -0.05) is 13.3 Å². The Morgan fingerprint density at radius 2 is 2.41 bits per heavy atom. The Labute approximate surface area is 104 Å². The van der Waals surface area contributed by atoms with Crippen LogP contribution in [-0.2, 0) is 4.74 Å². The van der Waals surface area contributed by atoms with Crippen LogP contribution in [0.2, 0.25) is 0 Å². The maximum atomic E-state index is 5.51. The van der Waals surface area contributed by atoms with E-state index in [0.717, 1.165) is 51.5 Å². The minimum absolute atomic E-state index is 0.596. The Balaban J connectivity index is 2.36. The average molecular weight is 242 g/mol. The van der Waals surface area contributed by atoms with Crippen LogP contribution in [0, 0.1) is 5.92 Å².